The predicted molar refractivity (Wildman–Crippen MR) is 80.3 cm³/mol. The first kappa shape index (κ1) is 15.8. The number of hydrogen-bond donors (Lipinski definition) is 3. The molecule has 2 amide bonds. The van der Waals surface area contributed by atoms with Gasteiger partial charge < -0.3 is 21.7 Å². The van der Waals surface area contributed by atoms with Crippen molar-refractivity contribution in [1.29, 1.82) is 0 Å². The van der Waals surface area contributed by atoms with Crippen LogP contribution in [0.15, 0.2) is 18.2 Å². The standard InChI is InChI=1S/C14H22N4O2/c1-8(2)12(13(16)19)17-11-7-9(5-6-10(11)15)14(20)18(3)4/h5-8,12,17H,15H2,1-4H3,(H2,16,19). The molecule has 0 saturated heterocycles. The fourth-order valence-corrected chi connectivity index (χ4v) is 1.81. The highest BCUT2D eigenvalue weighted by molar-refractivity contribution is 5.96. The van der Waals surface area contributed by atoms with Crippen LogP contribution in [0.5, 0.6) is 0 Å². The highest BCUT2D eigenvalue weighted by Crippen LogP contribution is 2.23. The van der Waals surface area contributed by atoms with Crippen molar-refractivity contribution in [3.63, 3.8) is 0 Å². The van der Waals surface area contributed by atoms with Crippen LogP contribution in [0.3, 0.4) is 0 Å². The molecule has 0 heterocycles. The Morgan fingerprint density at radius 2 is 1.85 bits per heavy atom. The fourth-order valence-electron chi connectivity index (χ4n) is 1.81. The Bertz CT molecular complexity index is 512. The average molecular weight is 278 g/mol. The van der Waals surface area contributed by atoms with E-state index in [-0.39, 0.29) is 11.8 Å². The Kier molecular flexibility index (Phi) is 4.96. The largest absolute Gasteiger partial charge is 0.397 e. The number of carbonyl (C=O) groups excluding carboxylic acids is 2. The second-order valence-corrected chi connectivity index (χ2v) is 5.27. The van der Waals surface area contributed by atoms with Gasteiger partial charge in [-0.2, -0.15) is 0 Å². The van der Waals surface area contributed by atoms with E-state index in [1.165, 1.54) is 4.90 Å². The van der Waals surface area contributed by atoms with Crippen LogP contribution in [0, 0.1) is 5.92 Å². The molecule has 6 nitrogen and oxygen atoms in total. The van der Waals surface area contributed by atoms with Gasteiger partial charge in [-0.05, 0) is 24.1 Å². The number of nitrogens with one attached hydrogen (secondary N) is 1. The van der Waals surface area contributed by atoms with Gasteiger partial charge in [0.2, 0.25) is 5.91 Å². The zero-order valence-corrected chi connectivity index (χ0v) is 12.3. The molecular formula is C14H22N4O2. The van der Waals surface area contributed by atoms with Crippen molar-refractivity contribution in [3.8, 4) is 0 Å². The summed E-state index contributed by atoms with van der Waals surface area (Å²) in [5.74, 6) is -0.572. The number of amides is 2. The van der Waals surface area contributed by atoms with Crippen LogP contribution in [0.2, 0.25) is 0 Å². The van der Waals surface area contributed by atoms with E-state index in [0.717, 1.165) is 0 Å². The van der Waals surface area contributed by atoms with E-state index in [0.29, 0.717) is 16.9 Å². The molecule has 110 valence electrons. The first-order valence-corrected chi connectivity index (χ1v) is 6.41. The topological polar surface area (TPSA) is 101 Å². The van der Waals surface area contributed by atoms with Crippen molar-refractivity contribution >= 4 is 23.2 Å². The molecule has 1 atom stereocenters. The van der Waals surface area contributed by atoms with Gasteiger partial charge in [-0.1, -0.05) is 13.8 Å². The molecule has 1 aromatic carbocycles. The SMILES string of the molecule is CC(C)C(Nc1cc(C(=O)N(C)C)ccc1N)C(N)=O. The maximum Gasteiger partial charge on any atom is 0.253 e. The molecule has 0 aliphatic carbocycles. The molecule has 1 rings (SSSR count). The highest BCUT2D eigenvalue weighted by atomic mass is 16.2. The van der Waals surface area contributed by atoms with Gasteiger partial charge in [0.25, 0.3) is 5.91 Å². The van der Waals surface area contributed by atoms with Crippen molar-refractivity contribution in [2.45, 2.75) is 19.9 Å². The Balaban J connectivity index is 3.08. The van der Waals surface area contributed by atoms with Crippen LogP contribution in [0.1, 0.15) is 24.2 Å². The minimum absolute atomic E-state index is 0.0140. The van der Waals surface area contributed by atoms with E-state index in [2.05, 4.69) is 5.32 Å². The average Bonchev–Trinajstić information content (AvgIpc) is 2.35. The first-order valence-electron chi connectivity index (χ1n) is 6.41. The number of primary amides is 1. The van der Waals surface area contributed by atoms with Gasteiger partial charge in [0.1, 0.15) is 6.04 Å². The summed E-state index contributed by atoms with van der Waals surface area (Å²) in [5.41, 5.74) is 12.7. The monoisotopic (exact) mass is 278 g/mol. The van der Waals surface area contributed by atoms with E-state index in [1.54, 1.807) is 32.3 Å². The van der Waals surface area contributed by atoms with E-state index in [9.17, 15) is 9.59 Å². The number of rotatable bonds is 5. The fraction of sp³-hybridized carbons (Fsp3) is 0.429. The van der Waals surface area contributed by atoms with Crippen LogP contribution >= 0.6 is 0 Å². The van der Waals surface area contributed by atoms with Crippen LogP contribution in [0.4, 0.5) is 11.4 Å². The van der Waals surface area contributed by atoms with Crippen molar-refractivity contribution in [1.82, 2.24) is 4.90 Å². The smallest absolute Gasteiger partial charge is 0.253 e. The quantitative estimate of drug-likeness (QED) is 0.696. The molecule has 0 fully saturated rings. The van der Waals surface area contributed by atoms with E-state index in [4.69, 9.17) is 11.5 Å². The lowest BCUT2D eigenvalue weighted by atomic mass is 10.0. The number of nitrogen functional groups attached to an aromatic ring is 1. The number of hydrogen-bond acceptors (Lipinski definition) is 4. The number of benzene rings is 1. The summed E-state index contributed by atoms with van der Waals surface area (Å²) >= 11 is 0. The third kappa shape index (κ3) is 3.63. The molecule has 5 N–H and O–H groups in total. The summed E-state index contributed by atoms with van der Waals surface area (Å²) in [4.78, 5) is 24.8. The molecule has 0 saturated carbocycles. The lowest BCUT2D eigenvalue weighted by molar-refractivity contribution is -0.119. The third-order valence-electron chi connectivity index (χ3n) is 2.99. The second-order valence-electron chi connectivity index (χ2n) is 5.27. The molecular weight excluding hydrogens is 256 g/mol. The maximum absolute atomic E-state index is 11.9. The zero-order valence-electron chi connectivity index (χ0n) is 12.3. The van der Waals surface area contributed by atoms with Crippen LogP contribution < -0.4 is 16.8 Å². The van der Waals surface area contributed by atoms with Gasteiger partial charge in [0, 0.05) is 19.7 Å². The zero-order chi connectivity index (χ0) is 15.4. The van der Waals surface area contributed by atoms with E-state index < -0.39 is 11.9 Å². The van der Waals surface area contributed by atoms with E-state index in [1.807, 2.05) is 13.8 Å². The predicted octanol–water partition coefficient (Wildman–Crippen LogP) is 0.892. The van der Waals surface area contributed by atoms with Crippen molar-refractivity contribution < 1.29 is 9.59 Å². The van der Waals surface area contributed by atoms with Gasteiger partial charge in [0.15, 0.2) is 0 Å². The molecule has 0 radical (unpaired) electrons. The number of nitrogens with zero attached hydrogens (tertiary/aromatic N) is 1. The molecule has 0 aromatic heterocycles. The van der Waals surface area contributed by atoms with Crippen molar-refractivity contribution in [2.75, 3.05) is 25.1 Å². The lowest BCUT2D eigenvalue weighted by Gasteiger charge is -2.22. The summed E-state index contributed by atoms with van der Waals surface area (Å²) in [6.45, 7) is 3.76. The number of carbonyl (C=O) groups is 2. The van der Waals surface area contributed by atoms with Crippen LogP contribution in [-0.4, -0.2) is 36.9 Å². The molecule has 20 heavy (non-hydrogen) atoms. The highest BCUT2D eigenvalue weighted by Gasteiger charge is 2.20. The summed E-state index contributed by atoms with van der Waals surface area (Å²) in [7, 11) is 3.35. The molecule has 1 unspecified atom stereocenters. The lowest BCUT2D eigenvalue weighted by Crippen LogP contribution is -2.39. The van der Waals surface area contributed by atoms with Crippen molar-refractivity contribution in [2.24, 2.45) is 11.7 Å². The normalized spacial score (nSPS) is 12.1. The van der Waals surface area contributed by atoms with Crippen molar-refractivity contribution in [3.05, 3.63) is 23.8 Å². The molecule has 1 aromatic rings. The minimum Gasteiger partial charge on any atom is -0.397 e. The minimum atomic E-state index is -0.540. The van der Waals surface area contributed by atoms with Gasteiger partial charge in [-0.15, -0.1) is 0 Å². The Labute approximate surface area is 119 Å². The number of nitrogens with two attached hydrogens (primary N) is 2. The Morgan fingerprint density at radius 1 is 1.25 bits per heavy atom. The van der Waals surface area contributed by atoms with Crippen LogP contribution in [-0.2, 0) is 4.79 Å². The third-order valence-corrected chi connectivity index (χ3v) is 2.99. The van der Waals surface area contributed by atoms with Crippen LogP contribution in [0.25, 0.3) is 0 Å². The molecule has 6 heteroatoms. The van der Waals surface area contributed by atoms with E-state index >= 15 is 0 Å². The Morgan fingerprint density at radius 3 is 2.30 bits per heavy atom. The second kappa shape index (κ2) is 6.27. The van der Waals surface area contributed by atoms with Gasteiger partial charge in [-0.25, -0.2) is 0 Å². The van der Waals surface area contributed by atoms with Gasteiger partial charge in [0.05, 0.1) is 11.4 Å². The Hall–Kier alpha value is -2.24. The van der Waals surface area contributed by atoms with Gasteiger partial charge in [-0.3, -0.25) is 9.59 Å². The molecule has 0 spiro atoms. The summed E-state index contributed by atoms with van der Waals surface area (Å²) < 4.78 is 0. The van der Waals surface area contributed by atoms with Gasteiger partial charge >= 0.3 is 0 Å². The summed E-state index contributed by atoms with van der Waals surface area (Å²) in [5, 5.41) is 3.01. The molecule has 0 aliphatic rings. The number of anilines is 2. The first-order chi connectivity index (χ1) is 9.23. The molecule has 0 bridgehead atoms. The maximum atomic E-state index is 11.9. The summed E-state index contributed by atoms with van der Waals surface area (Å²) in [6.07, 6.45) is 0. The molecule has 0 aliphatic heterocycles. The summed E-state index contributed by atoms with van der Waals surface area (Å²) in [6, 6.07) is 4.38.